The second-order valence-electron chi connectivity index (χ2n) is 4.44. The predicted octanol–water partition coefficient (Wildman–Crippen LogP) is 2.55. The molecule has 2 aromatic rings. The predicted molar refractivity (Wildman–Crippen MR) is 70.3 cm³/mol. The van der Waals surface area contributed by atoms with Gasteiger partial charge in [-0.25, -0.2) is 0 Å². The van der Waals surface area contributed by atoms with Crippen molar-refractivity contribution in [3.63, 3.8) is 0 Å². The van der Waals surface area contributed by atoms with Crippen molar-refractivity contribution in [3.8, 4) is 0 Å². The van der Waals surface area contributed by atoms with Crippen molar-refractivity contribution >= 4 is 5.91 Å². The molecule has 94 valence electrons. The lowest BCUT2D eigenvalue weighted by Crippen LogP contribution is -2.29. The SMILES string of the molecule is Cc1cc(C(=O)N(C)[C@@H](C)c2ccccc2)n[nH]1. The van der Waals surface area contributed by atoms with E-state index in [1.165, 1.54) is 0 Å². The lowest BCUT2D eigenvalue weighted by molar-refractivity contribution is 0.0736. The number of aryl methyl sites for hydroxylation is 1. The van der Waals surface area contributed by atoms with Crippen LogP contribution < -0.4 is 0 Å². The standard InChI is InChI=1S/C14H17N3O/c1-10-9-13(16-15-10)14(18)17(3)11(2)12-7-5-4-6-8-12/h4-9,11H,1-3H3,(H,15,16)/t11-/m0/s1. The Hall–Kier alpha value is -2.10. The number of nitrogens with one attached hydrogen (secondary N) is 1. The van der Waals surface area contributed by atoms with Gasteiger partial charge in [-0.2, -0.15) is 5.10 Å². The molecule has 0 saturated carbocycles. The van der Waals surface area contributed by atoms with Gasteiger partial charge in [0, 0.05) is 12.7 Å². The number of carbonyl (C=O) groups excluding carboxylic acids is 1. The van der Waals surface area contributed by atoms with Gasteiger partial charge in [0.1, 0.15) is 5.69 Å². The maximum absolute atomic E-state index is 12.2. The van der Waals surface area contributed by atoms with Crippen LogP contribution in [-0.4, -0.2) is 28.1 Å². The van der Waals surface area contributed by atoms with Crippen LogP contribution in [0.3, 0.4) is 0 Å². The summed E-state index contributed by atoms with van der Waals surface area (Å²) in [7, 11) is 1.80. The molecule has 1 N–H and O–H groups in total. The largest absolute Gasteiger partial charge is 0.334 e. The van der Waals surface area contributed by atoms with Gasteiger partial charge in [-0.3, -0.25) is 9.89 Å². The van der Waals surface area contributed by atoms with E-state index in [9.17, 15) is 4.79 Å². The Bertz CT molecular complexity index is 533. The van der Waals surface area contributed by atoms with Crippen LogP contribution in [0, 0.1) is 6.92 Å². The first-order chi connectivity index (χ1) is 8.59. The highest BCUT2D eigenvalue weighted by Gasteiger charge is 2.20. The van der Waals surface area contributed by atoms with Crippen LogP contribution in [0.5, 0.6) is 0 Å². The zero-order chi connectivity index (χ0) is 13.1. The molecule has 0 bridgehead atoms. The third kappa shape index (κ3) is 2.42. The highest BCUT2D eigenvalue weighted by atomic mass is 16.2. The minimum atomic E-state index is -0.0734. The molecule has 0 spiro atoms. The Labute approximate surface area is 107 Å². The van der Waals surface area contributed by atoms with E-state index in [1.54, 1.807) is 18.0 Å². The molecule has 0 unspecified atom stereocenters. The zero-order valence-corrected chi connectivity index (χ0v) is 10.8. The molecule has 1 aromatic heterocycles. The number of rotatable bonds is 3. The van der Waals surface area contributed by atoms with E-state index in [1.807, 2.05) is 44.2 Å². The molecule has 4 heteroatoms. The van der Waals surface area contributed by atoms with Gasteiger partial charge in [-0.1, -0.05) is 30.3 Å². The van der Waals surface area contributed by atoms with Crippen molar-refractivity contribution in [2.75, 3.05) is 7.05 Å². The highest BCUT2D eigenvalue weighted by Crippen LogP contribution is 2.19. The minimum Gasteiger partial charge on any atom is -0.334 e. The number of amides is 1. The summed E-state index contributed by atoms with van der Waals surface area (Å²) in [6.07, 6.45) is 0. The average Bonchev–Trinajstić information content (AvgIpc) is 2.84. The van der Waals surface area contributed by atoms with E-state index >= 15 is 0 Å². The monoisotopic (exact) mass is 243 g/mol. The van der Waals surface area contributed by atoms with Crippen molar-refractivity contribution in [2.45, 2.75) is 19.9 Å². The van der Waals surface area contributed by atoms with Gasteiger partial charge < -0.3 is 4.90 Å². The molecule has 4 nitrogen and oxygen atoms in total. The average molecular weight is 243 g/mol. The van der Waals surface area contributed by atoms with Crippen LogP contribution in [0.25, 0.3) is 0 Å². The number of nitrogens with zero attached hydrogens (tertiary/aromatic N) is 2. The first kappa shape index (κ1) is 12.4. The fraction of sp³-hybridized carbons (Fsp3) is 0.286. The lowest BCUT2D eigenvalue weighted by atomic mass is 10.1. The number of benzene rings is 1. The topological polar surface area (TPSA) is 49.0 Å². The molecule has 0 radical (unpaired) electrons. The van der Waals surface area contributed by atoms with Crippen LogP contribution in [0.1, 0.15) is 34.7 Å². The fourth-order valence-corrected chi connectivity index (χ4v) is 1.84. The first-order valence-electron chi connectivity index (χ1n) is 5.93. The molecule has 18 heavy (non-hydrogen) atoms. The summed E-state index contributed by atoms with van der Waals surface area (Å²) in [6.45, 7) is 3.89. The molecule has 0 aliphatic rings. The van der Waals surface area contributed by atoms with E-state index in [0.29, 0.717) is 5.69 Å². The Morgan fingerprint density at radius 1 is 1.33 bits per heavy atom. The molecule has 0 fully saturated rings. The van der Waals surface area contributed by atoms with Gasteiger partial charge in [-0.05, 0) is 25.5 Å². The molecule has 0 aliphatic heterocycles. The normalized spacial score (nSPS) is 12.2. The molecule has 1 heterocycles. The molecule has 1 atom stereocenters. The Kier molecular flexibility index (Phi) is 3.46. The second-order valence-corrected chi connectivity index (χ2v) is 4.44. The third-order valence-electron chi connectivity index (χ3n) is 3.11. The number of aromatic amines is 1. The maximum atomic E-state index is 12.2. The Morgan fingerprint density at radius 2 is 2.00 bits per heavy atom. The van der Waals surface area contributed by atoms with Gasteiger partial charge in [0.2, 0.25) is 0 Å². The first-order valence-corrected chi connectivity index (χ1v) is 5.93. The van der Waals surface area contributed by atoms with Crippen molar-refractivity contribution in [1.29, 1.82) is 0 Å². The minimum absolute atomic E-state index is 0.0238. The summed E-state index contributed by atoms with van der Waals surface area (Å²) in [5.41, 5.74) is 2.46. The summed E-state index contributed by atoms with van der Waals surface area (Å²) >= 11 is 0. The van der Waals surface area contributed by atoms with Crippen molar-refractivity contribution < 1.29 is 4.79 Å². The number of hydrogen-bond acceptors (Lipinski definition) is 2. The van der Waals surface area contributed by atoms with Crippen molar-refractivity contribution in [3.05, 3.63) is 53.3 Å². The van der Waals surface area contributed by atoms with E-state index in [0.717, 1.165) is 11.3 Å². The van der Waals surface area contributed by atoms with E-state index in [2.05, 4.69) is 10.2 Å². The zero-order valence-electron chi connectivity index (χ0n) is 10.8. The van der Waals surface area contributed by atoms with E-state index in [-0.39, 0.29) is 11.9 Å². The van der Waals surface area contributed by atoms with Gasteiger partial charge >= 0.3 is 0 Å². The summed E-state index contributed by atoms with van der Waals surface area (Å²) in [5, 5.41) is 6.78. The molecule has 2 rings (SSSR count). The Balaban J connectivity index is 2.16. The second kappa shape index (κ2) is 5.04. The third-order valence-corrected chi connectivity index (χ3v) is 3.11. The van der Waals surface area contributed by atoms with Crippen molar-refractivity contribution in [2.24, 2.45) is 0 Å². The van der Waals surface area contributed by atoms with Gasteiger partial charge in [0.25, 0.3) is 5.91 Å². The molecule has 1 amide bonds. The number of aromatic nitrogens is 2. The Morgan fingerprint density at radius 3 is 2.56 bits per heavy atom. The van der Waals surface area contributed by atoms with Crippen LogP contribution in [0.2, 0.25) is 0 Å². The van der Waals surface area contributed by atoms with Crippen molar-refractivity contribution in [1.82, 2.24) is 15.1 Å². The highest BCUT2D eigenvalue weighted by molar-refractivity contribution is 5.92. The quantitative estimate of drug-likeness (QED) is 0.900. The van der Waals surface area contributed by atoms with Gasteiger partial charge in [0.15, 0.2) is 0 Å². The molecule has 1 aromatic carbocycles. The molecule has 0 saturated heterocycles. The summed E-state index contributed by atoms with van der Waals surface area (Å²) in [4.78, 5) is 13.9. The number of H-pyrrole nitrogens is 1. The van der Waals surface area contributed by atoms with Gasteiger partial charge in [-0.15, -0.1) is 0 Å². The fourth-order valence-electron chi connectivity index (χ4n) is 1.84. The molecular formula is C14H17N3O. The summed E-state index contributed by atoms with van der Waals surface area (Å²) in [6, 6.07) is 11.7. The maximum Gasteiger partial charge on any atom is 0.274 e. The number of carbonyl (C=O) groups is 1. The van der Waals surface area contributed by atoms with Crippen LogP contribution in [0.4, 0.5) is 0 Å². The molecular weight excluding hydrogens is 226 g/mol. The number of hydrogen-bond donors (Lipinski definition) is 1. The molecule has 0 aliphatic carbocycles. The summed E-state index contributed by atoms with van der Waals surface area (Å²) in [5.74, 6) is -0.0734. The van der Waals surface area contributed by atoms with E-state index in [4.69, 9.17) is 0 Å². The van der Waals surface area contributed by atoms with Crippen LogP contribution >= 0.6 is 0 Å². The van der Waals surface area contributed by atoms with Gasteiger partial charge in [0.05, 0.1) is 6.04 Å². The summed E-state index contributed by atoms with van der Waals surface area (Å²) < 4.78 is 0. The van der Waals surface area contributed by atoms with Crippen LogP contribution in [0.15, 0.2) is 36.4 Å². The lowest BCUT2D eigenvalue weighted by Gasteiger charge is -2.24. The van der Waals surface area contributed by atoms with E-state index < -0.39 is 0 Å². The smallest absolute Gasteiger partial charge is 0.274 e. The van der Waals surface area contributed by atoms with Crippen LogP contribution in [-0.2, 0) is 0 Å².